The van der Waals surface area contributed by atoms with Gasteiger partial charge in [-0.1, -0.05) is 29.8 Å². The fourth-order valence-electron chi connectivity index (χ4n) is 1.60. The Hall–Kier alpha value is -1.51. The first-order valence-corrected chi connectivity index (χ1v) is 6.38. The van der Waals surface area contributed by atoms with Crippen molar-refractivity contribution in [1.82, 2.24) is 10.6 Å². The zero-order valence-electron chi connectivity index (χ0n) is 10.7. The second-order valence-electron chi connectivity index (χ2n) is 4.60. The summed E-state index contributed by atoms with van der Waals surface area (Å²) in [5, 5.41) is 6.69. The molecule has 0 spiro atoms. The van der Waals surface area contributed by atoms with E-state index in [1.165, 1.54) is 24.0 Å². The number of hydrogen-bond donors (Lipinski definition) is 2. The molecule has 0 aliphatic heterocycles. The molecule has 0 radical (unpaired) electrons. The van der Waals surface area contributed by atoms with Crippen LogP contribution in [0.15, 0.2) is 29.3 Å². The van der Waals surface area contributed by atoms with Crippen LogP contribution in [0.4, 0.5) is 0 Å². The van der Waals surface area contributed by atoms with Gasteiger partial charge in [0.15, 0.2) is 5.96 Å². The molecule has 0 heterocycles. The zero-order valence-corrected chi connectivity index (χ0v) is 10.7. The number of rotatable bonds is 4. The maximum absolute atomic E-state index is 4.59. The van der Waals surface area contributed by atoms with Crippen molar-refractivity contribution in [2.24, 2.45) is 4.99 Å². The van der Waals surface area contributed by atoms with E-state index in [0.29, 0.717) is 6.04 Å². The van der Waals surface area contributed by atoms with Crippen molar-refractivity contribution in [3.63, 3.8) is 0 Å². The van der Waals surface area contributed by atoms with Gasteiger partial charge in [-0.25, -0.2) is 4.99 Å². The van der Waals surface area contributed by atoms with Crippen LogP contribution in [0.3, 0.4) is 0 Å². The van der Waals surface area contributed by atoms with E-state index in [0.717, 1.165) is 19.0 Å². The Balaban J connectivity index is 1.92. The fraction of sp³-hybridized carbons (Fsp3) is 0.500. The minimum absolute atomic E-state index is 0.644. The van der Waals surface area contributed by atoms with E-state index in [-0.39, 0.29) is 0 Å². The van der Waals surface area contributed by atoms with Gasteiger partial charge in [-0.15, -0.1) is 0 Å². The van der Waals surface area contributed by atoms with Gasteiger partial charge < -0.3 is 10.6 Å². The molecule has 0 unspecified atom stereocenters. The van der Waals surface area contributed by atoms with Gasteiger partial charge in [0, 0.05) is 12.6 Å². The van der Waals surface area contributed by atoms with Gasteiger partial charge in [-0.2, -0.15) is 0 Å². The molecule has 1 aromatic rings. The molecule has 0 aromatic heterocycles. The van der Waals surface area contributed by atoms with Gasteiger partial charge in [-0.3, -0.25) is 0 Å². The summed E-state index contributed by atoms with van der Waals surface area (Å²) in [7, 11) is 0. The molecule has 92 valence electrons. The molecule has 0 bridgehead atoms. The van der Waals surface area contributed by atoms with Gasteiger partial charge in [-0.05, 0) is 32.3 Å². The third-order valence-corrected chi connectivity index (χ3v) is 2.80. The van der Waals surface area contributed by atoms with Crippen molar-refractivity contribution < 1.29 is 0 Å². The topological polar surface area (TPSA) is 36.4 Å². The third kappa shape index (κ3) is 4.10. The SMILES string of the molecule is CCNC(=NCc1ccc(C)cc1)NC1CC1. The summed E-state index contributed by atoms with van der Waals surface area (Å²) in [6.45, 7) is 5.84. The second-order valence-corrected chi connectivity index (χ2v) is 4.60. The van der Waals surface area contributed by atoms with E-state index < -0.39 is 0 Å². The predicted molar refractivity (Wildman–Crippen MR) is 72.2 cm³/mol. The van der Waals surface area contributed by atoms with E-state index in [2.05, 4.69) is 53.7 Å². The molecule has 1 aromatic carbocycles. The summed E-state index contributed by atoms with van der Waals surface area (Å²) >= 11 is 0. The van der Waals surface area contributed by atoms with E-state index in [1.54, 1.807) is 0 Å². The monoisotopic (exact) mass is 231 g/mol. The van der Waals surface area contributed by atoms with Crippen LogP contribution in [0, 0.1) is 6.92 Å². The molecule has 3 nitrogen and oxygen atoms in total. The Bertz CT molecular complexity index is 377. The Labute approximate surface area is 103 Å². The molecule has 1 fully saturated rings. The van der Waals surface area contributed by atoms with Crippen LogP contribution in [0.5, 0.6) is 0 Å². The molecule has 17 heavy (non-hydrogen) atoms. The number of aliphatic imine (C=N–C) groups is 1. The molecule has 1 aliphatic rings. The van der Waals surface area contributed by atoms with E-state index in [4.69, 9.17) is 0 Å². The maximum Gasteiger partial charge on any atom is 0.191 e. The quantitative estimate of drug-likeness (QED) is 0.616. The van der Waals surface area contributed by atoms with Gasteiger partial charge in [0.25, 0.3) is 0 Å². The minimum Gasteiger partial charge on any atom is -0.357 e. The number of guanidine groups is 1. The van der Waals surface area contributed by atoms with Crippen LogP contribution in [-0.4, -0.2) is 18.5 Å². The summed E-state index contributed by atoms with van der Waals surface area (Å²) in [4.78, 5) is 4.59. The number of nitrogens with one attached hydrogen (secondary N) is 2. The highest BCUT2D eigenvalue weighted by molar-refractivity contribution is 5.80. The van der Waals surface area contributed by atoms with Crippen LogP contribution >= 0.6 is 0 Å². The highest BCUT2D eigenvalue weighted by atomic mass is 15.2. The number of hydrogen-bond acceptors (Lipinski definition) is 1. The van der Waals surface area contributed by atoms with Crippen molar-refractivity contribution in [2.45, 2.75) is 39.3 Å². The summed E-state index contributed by atoms with van der Waals surface area (Å²) in [6.07, 6.45) is 2.55. The molecule has 2 N–H and O–H groups in total. The van der Waals surface area contributed by atoms with Crippen LogP contribution in [-0.2, 0) is 6.54 Å². The first-order valence-electron chi connectivity index (χ1n) is 6.38. The first-order chi connectivity index (χ1) is 8.28. The Morgan fingerprint density at radius 3 is 2.59 bits per heavy atom. The lowest BCUT2D eigenvalue weighted by atomic mass is 10.1. The first kappa shape index (κ1) is 12.0. The normalized spacial score (nSPS) is 15.8. The maximum atomic E-state index is 4.59. The van der Waals surface area contributed by atoms with Crippen molar-refractivity contribution in [3.05, 3.63) is 35.4 Å². The summed E-state index contributed by atoms with van der Waals surface area (Å²) < 4.78 is 0. The van der Waals surface area contributed by atoms with E-state index in [1.807, 2.05) is 0 Å². The molecule has 1 aliphatic carbocycles. The van der Waals surface area contributed by atoms with Crippen LogP contribution in [0.1, 0.15) is 30.9 Å². The molecular weight excluding hydrogens is 210 g/mol. The van der Waals surface area contributed by atoms with Gasteiger partial charge in [0.1, 0.15) is 0 Å². The highest BCUT2D eigenvalue weighted by Gasteiger charge is 2.21. The summed E-state index contributed by atoms with van der Waals surface area (Å²) in [5.74, 6) is 0.940. The van der Waals surface area contributed by atoms with Crippen molar-refractivity contribution in [1.29, 1.82) is 0 Å². The molecule has 0 amide bonds. The van der Waals surface area contributed by atoms with E-state index >= 15 is 0 Å². The van der Waals surface area contributed by atoms with Gasteiger partial charge >= 0.3 is 0 Å². The standard InChI is InChI=1S/C14H21N3/c1-3-15-14(17-13-8-9-13)16-10-12-6-4-11(2)5-7-12/h4-7,13H,3,8-10H2,1-2H3,(H2,15,16,17). The molecule has 0 atom stereocenters. The Kier molecular flexibility index (Phi) is 4.02. The number of benzene rings is 1. The van der Waals surface area contributed by atoms with Gasteiger partial charge in [0.05, 0.1) is 6.54 Å². The number of aryl methyl sites for hydroxylation is 1. The van der Waals surface area contributed by atoms with Crippen LogP contribution in [0.2, 0.25) is 0 Å². The lowest BCUT2D eigenvalue weighted by molar-refractivity contribution is 0.812. The molecule has 1 saturated carbocycles. The predicted octanol–water partition coefficient (Wildman–Crippen LogP) is 2.21. The van der Waals surface area contributed by atoms with E-state index in [9.17, 15) is 0 Å². The average molecular weight is 231 g/mol. The molecule has 3 heteroatoms. The largest absolute Gasteiger partial charge is 0.357 e. The minimum atomic E-state index is 0.644. The summed E-state index contributed by atoms with van der Waals surface area (Å²) in [5.41, 5.74) is 2.55. The lowest BCUT2D eigenvalue weighted by Crippen LogP contribution is -2.38. The van der Waals surface area contributed by atoms with Crippen molar-refractivity contribution in [2.75, 3.05) is 6.54 Å². The smallest absolute Gasteiger partial charge is 0.191 e. The zero-order chi connectivity index (χ0) is 12.1. The summed E-state index contributed by atoms with van der Waals surface area (Å²) in [6, 6.07) is 9.18. The molecular formula is C14H21N3. The number of nitrogens with zero attached hydrogens (tertiary/aromatic N) is 1. The van der Waals surface area contributed by atoms with Crippen LogP contribution in [0.25, 0.3) is 0 Å². The second kappa shape index (κ2) is 5.71. The lowest BCUT2D eigenvalue weighted by Gasteiger charge is -2.10. The molecule has 2 rings (SSSR count). The fourth-order valence-corrected chi connectivity index (χ4v) is 1.60. The van der Waals surface area contributed by atoms with Crippen molar-refractivity contribution in [3.8, 4) is 0 Å². The molecule has 0 saturated heterocycles. The van der Waals surface area contributed by atoms with Crippen molar-refractivity contribution >= 4 is 5.96 Å². The third-order valence-electron chi connectivity index (χ3n) is 2.80. The van der Waals surface area contributed by atoms with Gasteiger partial charge in [0.2, 0.25) is 0 Å². The Morgan fingerprint density at radius 1 is 1.29 bits per heavy atom. The Morgan fingerprint density at radius 2 is 2.00 bits per heavy atom. The highest BCUT2D eigenvalue weighted by Crippen LogP contribution is 2.18. The average Bonchev–Trinajstić information content (AvgIpc) is 3.12. The van der Waals surface area contributed by atoms with Crippen LogP contribution < -0.4 is 10.6 Å².